The maximum Gasteiger partial charge on any atom is 0.255 e. The number of rotatable bonds is 10. The molecule has 0 aliphatic carbocycles. The van der Waals surface area contributed by atoms with Crippen molar-refractivity contribution in [2.24, 2.45) is 7.05 Å². The highest BCUT2D eigenvalue weighted by molar-refractivity contribution is 7.99. The first kappa shape index (κ1) is 23.1. The molecule has 0 bridgehead atoms. The number of nitrogens with zero attached hydrogens (tertiary/aromatic N) is 3. The smallest absolute Gasteiger partial charge is 0.255 e. The van der Waals surface area contributed by atoms with E-state index in [0.29, 0.717) is 46.8 Å². The van der Waals surface area contributed by atoms with Gasteiger partial charge in [-0.05, 0) is 44.2 Å². The van der Waals surface area contributed by atoms with Crippen LogP contribution in [0.5, 0.6) is 11.5 Å². The molecule has 0 saturated heterocycles. The molecule has 2 aromatic carbocycles. The topological polar surface area (TPSA) is 107 Å². The van der Waals surface area contributed by atoms with Crippen LogP contribution in [0.2, 0.25) is 0 Å². The van der Waals surface area contributed by atoms with Crippen LogP contribution in [0.4, 0.5) is 11.4 Å². The Bertz CT molecular complexity index is 1090. The Labute approximate surface area is 190 Å². The van der Waals surface area contributed by atoms with Crippen molar-refractivity contribution in [2.75, 3.05) is 29.6 Å². The third-order valence-electron chi connectivity index (χ3n) is 4.21. The van der Waals surface area contributed by atoms with Crippen molar-refractivity contribution in [1.82, 2.24) is 14.8 Å². The number of anilines is 2. The second-order valence-corrected chi connectivity index (χ2v) is 7.57. The van der Waals surface area contributed by atoms with E-state index in [9.17, 15) is 9.59 Å². The number of aryl methyl sites for hydroxylation is 1. The summed E-state index contributed by atoms with van der Waals surface area (Å²) < 4.78 is 12.9. The molecule has 9 nitrogen and oxygen atoms in total. The highest BCUT2D eigenvalue weighted by Gasteiger charge is 2.12. The second-order valence-electron chi connectivity index (χ2n) is 6.62. The van der Waals surface area contributed by atoms with Crippen molar-refractivity contribution in [1.29, 1.82) is 0 Å². The summed E-state index contributed by atoms with van der Waals surface area (Å²) in [6, 6.07) is 12.0. The predicted octanol–water partition coefficient (Wildman–Crippen LogP) is 3.60. The Morgan fingerprint density at radius 2 is 1.75 bits per heavy atom. The van der Waals surface area contributed by atoms with Crippen LogP contribution in [0.25, 0.3) is 0 Å². The molecular weight excluding hydrogens is 430 g/mol. The number of hydrogen-bond acceptors (Lipinski definition) is 7. The van der Waals surface area contributed by atoms with Crippen LogP contribution in [-0.2, 0) is 11.8 Å². The van der Waals surface area contributed by atoms with Gasteiger partial charge >= 0.3 is 0 Å². The first-order valence-corrected chi connectivity index (χ1v) is 11.1. The van der Waals surface area contributed by atoms with Crippen molar-refractivity contribution >= 4 is 35.0 Å². The van der Waals surface area contributed by atoms with E-state index in [1.165, 1.54) is 11.8 Å². The molecule has 3 aromatic rings. The fourth-order valence-electron chi connectivity index (χ4n) is 2.80. The van der Waals surface area contributed by atoms with E-state index in [-0.39, 0.29) is 17.6 Å². The van der Waals surface area contributed by atoms with Crippen molar-refractivity contribution < 1.29 is 19.1 Å². The van der Waals surface area contributed by atoms with Crippen molar-refractivity contribution in [3.63, 3.8) is 0 Å². The molecule has 10 heteroatoms. The van der Waals surface area contributed by atoms with Crippen LogP contribution in [0.15, 0.2) is 53.9 Å². The highest BCUT2D eigenvalue weighted by atomic mass is 32.2. The lowest BCUT2D eigenvalue weighted by atomic mass is 10.1. The first-order valence-electron chi connectivity index (χ1n) is 10.1. The molecule has 0 spiro atoms. The summed E-state index contributed by atoms with van der Waals surface area (Å²) in [5.74, 6) is 0.851. The van der Waals surface area contributed by atoms with Gasteiger partial charge in [0.25, 0.3) is 5.91 Å². The minimum Gasteiger partial charge on any atom is -0.490 e. The monoisotopic (exact) mass is 455 g/mol. The molecule has 2 amide bonds. The second kappa shape index (κ2) is 11.2. The molecule has 0 aliphatic heterocycles. The maximum absolute atomic E-state index is 12.7. The molecule has 0 atom stereocenters. The lowest BCUT2D eigenvalue weighted by Crippen LogP contribution is -2.16. The van der Waals surface area contributed by atoms with Gasteiger partial charge in [-0.2, -0.15) is 0 Å². The van der Waals surface area contributed by atoms with E-state index in [1.807, 2.05) is 20.9 Å². The van der Waals surface area contributed by atoms with E-state index >= 15 is 0 Å². The Hall–Kier alpha value is -3.53. The summed E-state index contributed by atoms with van der Waals surface area (Å²) >= 11 is 1.28. The van der Waals surface area contributed by atoms with Gasteiger partial charge in [0.2, 0.25) is 5.91 Å². The van der Waals surface area contributed by atoms with E-state index < -0.39 is 0 Å². The average Bonchev–Trinajstić information content (AvgIpc) is 3.19. The Morgan fingerprint density at radius 3 is 2.47 bits per heavy atom. The van der Waals surface area contributed by atoms with Crippen LogP contribution >= 0.6 is 11.8 Å². The summed E-state index contributed by atoms with van der Waals surface area (Å²) in [6.07, 6.45) is 1.57. The van der Waals surface area contributed by atoms with Crippen LogP contribution in [0.3, 0.4) is 0 Å². The quantitative estimate of drug-likeness (QED) is 0.450. The average molecular weight is 456 g/mol. The SMILES string of the molecule is CCOc1ccc(NC(=O)c2cccc(NC(=O)CSc3nncn3C)c2)cc1OCC. The summed E-state index contributed by atoms with van der Waals surface area (Å²) in [4.78, 5) is 25.0. The van der Waals surface area contributed by atoms with E-state index in [1.54, 1.807) is 53.4 Å². The van der Waals surface area contributed by atoms with Gasteiger partial charge in [0.05, 0.1) is 19.0 Å². The molecule has 2 N–H and O–H groups in total. The van der Waals surface area contributed by atoms with Gasteiger partial charge in [0.15, 0.2) is 16.7 Å². The summed E-state index contributed by atoms with van der Waals surface area (Å²) in [5, 5.41) is 14.0. The zero-order valence-corrected chi connectivity index (χ0v) is 18.9. The van der Waals surface area contributed by atoms with E-state index in [0.717, 1.165) is 0 Å². The number of nitrogens with one attached hydrogen (secondary N) is 2. The zero-order valence-electron chi connectivity index (χ0n) is 18.1. The van der Waals surface area contributed by atoms with Gasteiger partial charge in [0, 0.05) is 30.1 Å². The van der Waals surface area contributed by atoms with Crippen molar-refractivity contribution in [3.05, 3.63) is 54.4 Å². The number of carbonyl (C=O) groups excluding carboxylic acids is 2. The number of benzene rings is 2. The Kier molecular flexibility index (Phi) is 8.09. The highest BCUT2D eigenvalue weighted by Crippen LogP contribution is 2.31. The van der Waals surface area contributed by atoms with Gasteiger partial charge in [0.1, 0.15) is 6.33 Å². The van der Waals surface area contributed by atoms with Crippen LogP contribution < -0.4 is 20.1 Å². The molecular formula is C22H25N5O4S. The van der Waals surface area contributed by atoms with Gasteiger partial charge in [-0.15, -0.1) is 10.2 Å². The summed E-state index contributed by atoms with van der Waals surface area (Å²) in [5.41, 5.74) is 1.52. The molecule has 1 heterocycles. The zero-order chi connectivity index (χ0) is 22.9. The standard InChI is InChI=1S/C22H25N5O4S/c1-4-30-18-10-9-17(12-19(18)31-5-2)25-21(29)15-7-6-8-16(11-15)24-20(28)13-32-22-26-23-14-27(22)3/h6-12,14H,4-5,13H2,1-3H3,(H,24,28)(H,25,29). The summed E-state index contributed by atoms with van der Waals surface area (Å²) in [6.45, 7) is 4.77. The number of ether oxygens (including phenoxy) is 2. The number of carbonyl (C=O) groups is 2. The molecule has 0 saturated carbocycles. The van der Waals surface area contributed by atoms with Crippen molar-refractivity contribution in [3.8, 4) is 11.5 Å². The number of thioether (sulfide) groups is 1. The lowest BCUT2D eigenvalue weighted by Gasteiger charge is -2.13. The van der Waals surface area contributed by atoms with Gasteiger partial charge in [-0.25, -0.2) is 0 Å². The maximum atomic E-state index is 12.7. The molecule has 0 fully saturated rings. The van der Waals surface area contributed by atoms with Crippen LogP contribution in [-0.4, -0.2) is 45.5 Å². The number of aromatic nitrogens is 3. The normalized spacial score (nSPS) is 10.5. The van der Waals surface area contributed by atoms with Gasteiger partial charge < -0.3 is 24.7 Å². The van der Waals surface area contributed by atoms with E-state index in [4.69, 9.17) is 9.47 Å². The minimum absolute atomic E-state index is 0.176. The molecule has 32 heavy (non-hydrogen) atoms. The largest absolute Gasteiger partial charge is 0.490 e. The molecule has 1 aromatic heterocycles. The number of amides is 2. The fourth-order valence-corrected chi connectivity index (χ4v) is 3.49. The molecule has 168 valence electrons. The van der Waals surface area contributed by atoms with Gasteiger partial charge in [-0.1, -0.05) is 17.8 Å². The van der Waals surface area contributed by atoms with Gasteiger partial charge in [-0.3, -0.25) is 9.59 Å². The molecule has 0 aliphatic rings. The Morgan fingerprint density at radius 1 is 1.00 bits per heavy atom. The van der Waals surface area contributed by atoms with Crippen LogP contribution in [0.1, 0.15) is 24.2 Å². The van der Waals surface area contributed by atoms with Crippen molar-refractivity contribution in [2.45, 2.75) is 19.0 Å². The molecule has 3 rings (SSSR count). The number of hydrogen-bond donors (Lipinski definition) is 2. The first-order chi connectivity index (χ1) is 15.5. The fraction of sp³-hybridized carbons (Fsp3) is 0.273. The Balaban J connectivity index is 1.63. The van der Waals surface area contributed by atoms with Crippen LogP contribution in [0, 0.1) is 0 Å². The molecule has 0 unspecified atom stereocenters. The minimum atomic E-state index is -0.304. The predicted molar refractivity (Wildman–Crippen MR) is 124 cm³/mol. The lowest BCUT2D eigenvalue weighted by molar-refractivity contribution is -0.113. The molecule has 0 radical (unpaired) electrons. The summed E-state index contributed by atoms with van der Waals surface area (Å²) in [7, 11) is 1.81. The van der Waals surface area contributed by atoms with E-state index in [2.05, 4.69) is 20.8 Å². The third kappa shape index (κ3) is 6.24. The third-order valence-corrected chi connectivity index (χ3v) is 5.25.